The summed E-state index contributed by atoms with van der Waals surface area (Å²) in [4.78, 5) is 38.2. The number of imide groups is 1. The van der Waals surface area contributed by atoms with Crippen LogP contribution in [0.3, 0.4) is 0 Å². The first-order chi connectivity index (χ1) is 11.0. The summed E-state index contributed by atoms with van der Waals surface area (Å²) in [5, 5.41) is 4.28. The quantitative estimate of drug-likeness (QED) is 0.737. The van der Waals surface area contributed by atoms with Gasteiger partial charge >= 0.3 is 6.03 Å². The molecule has 8 nitrogen and oxygen atoms in total. The molecule has 1 aromatic carbocycles. The lowest BCUT2D eigenvalue weighted by Crippen LogP contribution is -2.37. The number of aliphatic imine (C=N–C) groups is 1. The van der Waals surface area contributed by atoms with Gasteiger partial charge in [-0.25, -0.2) is 9.79 Å². The zero-order valence-electron chi connectivity index (χ0n) is 12.4. The molecule has 1 aromatic rings. The molecule has 1 aliphatic heterocycles. The van der Waals surface area contributed by atoms with Gasteiger partial charge in [-0.2, -0.15) is 0 Å². The van der Waals surface area contributed by atoms with E-state index in [1.807, 2.05) is 12.2 Å². The van der Waals surface area contributed by atoms with Crippen LogP contribution >= 0.6 is 11.8 Å². The van der Waals surface area contributed by atoms with Crippen molar-refractivity contribution in [1.82, 2.24) is 10.6 Å². The topological polar surface area (TPSA) is 123 Å². The van der Waals surface area contributed by atoms with Crippen LogP contribution in [0, 0.1) is 0 Å². The van der Waals surface area contributed by atoms with Crippen LogP contribution in [0.5, 0.6) is 5.75 Å². The van der Waals surface area contributed by atoms with Crippen LogP contribution in [-0.4, -0.2) is 34.9 Å². The highest BCUT2D eigenvalue weighted by Crippen LogP contribution is 2.26. The van der Waals surface area contributed by atoms with E-state index < -0.39 is 17.2 Å². The number of carbonyl (C=O) groups excluding carboxylic acids is 3. The summed E-state index contributed by atoms with van der Waals surface area (Å²) in [5.74, 6) is -0.202. The SMILES string of the molecule is CCOc1ccc(N=C2NC(=O)[C@@H](CC(=O)NC(N)=O)S2)cc1. The molecule has 0 aliphatic carbocycles. The standard InChI is InChI=1S/C14H16N4O4S/c1-2-22-9-5-3-8(4-6-9)16-14-18-12(20)10(23-14)7-11(19)17-13(15)21/h3-6,10H,2,7H2,1H3,(H,16,18,20)(H3,15,17,19,21)/t10-/m1/s1. The number of hydrogen-bond donors (Lipinski definition) is 3. The molecule has 0 saturated carbocycles. The summed E-state index contributed by atoms with van der Waals surface area (Å²) < 4.78 is 5.33. The van der Waals surface area contributed by atoms with E-state index in [9.17, 15) is 14.4 Å². The van der Waals surface area contributed by atoms with Crippen molar-refractivity contribution in [3.05, 3.63) is 24.3 Å². The van der Waals surface area contributed by atoms with Crippen molar-refractivity contribution < 1.29 is 19.1 Å². The highest BCUT2D eigenvalue weighted by Gasteiger charge is 2.32. The van der Waals surface area contributed by atoms with Gasteiger partial charge in [-0.3, -0.25) is 14.9 Å². The van der Waals surface area contributed by atoms with Crippen molar-refractivity contribution in [2.24, 2.45) is 10.7 Å². The highest BCUT2D eigenvalue weighted by molar-refractivity contribution is 8.15. The molecule has 2 rings (SSSR count). The molecule has 1 heterocycles. The lowest BCUT2D eigenvalue weighted by Gasteiger charge is -2.04. The number of nitrogens with one attached hydrogen (secondary N) is 2. The van der Waals surface area contributed by atoms with Crippen LogP contribution < -0.4 is 21.1 Å². The van der Waals surface area contributed by atoms with E-state index in [2.05, 4.69) is 10.3 Å². The fourth-order valence-electron chi connectivity index (χ4n) is 1.85. The number of ether oxygens (including phenoxy) is 1. The molecule has 0 spiro atoms. The number of thioether (sulfide) groups is 1. The average molecular weight is 336 g/mol. The normalized spacial score (nSPS) is 18.6. The fraction of sp³-hybridized carbons (Fsp3) is 0.286. The molecular weight excluding hydrogens is 320 g/mol. The number of nitrogens with zero attached hydrogens (tertiary/aromatic N) is 1. The minimum Gasteiger partial charge on any atom is -0.494 e. The number of benzene rings is 1. The number of hydrogen-bond acceptors (Lipinski definition) is 6. The molecule has 4 amide bonds. The third-order valence-electron chi connectivity index (χ3n) is 2.79. The monoisotopic (exact) mass is 336 g/mol. The van der Waals surface area contributed by atoms with Crippen molar-refractivity contribution in [3.8, 4) is 5.75 Å². The van der Waals surface area contributed by atoms with Crippen LogP contribution in [0.1, 0.15) is 13.3 Å². The van der Waals surface area contributed by atoms with E-state index in [0.29, 0.717) is 17.5 Å². The number of amides is 4. The minimum absolute atomic E-state index is 0.151. The second-order valence-corrected chi connectivity index (χ2v) is 5.75. The summed E-state index contributed by atoms with van der Waals surface area (Å²) in [7, 11) is 0. The van der Waals surface area contributed by atoms with E-state index >= 15 is 0 Å². The summed E-state index contributed by atoms with van der Waals surface area (Å²) in [6.45, 7) is 2.47. The molecule has 1 saturated heterocycles. The van der Waals surface area contributed by atoms with E-state index in [1.54, 1.807) is 24.3 Å². The second kappa shape index (κ2) is 7.63. The van der Waals surface area contributed by atoms with Gasteiger partial charge in [-0.1, -0.05) is 11.8 Å². The summed E-state index contributed by atoms with van der Waals surface area (Å²) >= 11 is 1.13. The maximum atomic E-state index is 11.8. The van der Waals surface area contributed by atoms with Crippen molar-refractivity contribution in [2.45, 2.75) is 18.6 Å². The van der Waals surface area contributed by atoms with Gasteiger partial charge in [0.2, 0.25) is 11.8 Å². The Morgan fingerprint density at radius 1 is 1.39 bits per heavy atom. The maximum absolute atomic E-state index is 11.8. The molecule has 1 aliphatic rings. The van der Waals surface area contributed by atoms with Gasteiger partial charge in [0.05, 0.1) is 12.3 Å². The maximum Gasteiger partial charge on any atom is 0.318 e. The van der Waals surface area contributed by atoms with E-state index in [4.69, 9.17) is 10.5 Å². The fourth-order valence-corrected chi connectivity index (χ4v) is 2.84. The smallest absolute Gasteiger partial charge is 0.318 e. The Balaban J connectivity index is 1.98. The summed E-state index contributed by atoms with van der Waals surface area (Å²) in [5.41, 5.74) is 5.50. The Hall–Kier alpha value is -2.55. The first kappa shape index (κ1) is 16.8. The van der Waals surface area contributed by atoms with Crippen LogP contribution in [-0.2, 0) is 9.59 Å². The van der Waals surface area contributed by atoms with Gasteiger partial charge in [0.25, 0.3) is 0 Å². The molecule has 0 aromatic heterocycles. The Morgan fingerprint density at radius 3 is 2.70 bits per heavy atom. The number of amidine groups is 1. The molecule has 9 heteroatoms. The molecule has 23 heavy (non-hydrogen) atoms. The minimum atomic E-state index is -0.943. The Labute approximate surface area is 136 Å². The third-order valence-corrected chi connectivity index (χ3v) is 3.87. The third kappa shape index (κ3) is 4.99. The van der Waals surface area contributed by atoms with Gasteiger partial charge in [0.15, 0.2) is 5.17 Å². The lowest BCUT2D eigenvalue weighted by molar-refractivity contribution is -0.124. The molecule has 1 fully saturated rings. The van der Waals surface area contributed by atoms with Crippen molar-refractivity contribution >= 4 is 40.5 Å². The molecule has 0 radical (unpaired) electrons. The Kier molecular flexibility index (Phi) is 5.58. The first-order valence-electron chi connectivity index (χ1n) is 6.86. The molecule has 0 unspecified atom stereocenters. The van der Waals surface area contributed by atoms with Gasteiger partial charge in [-0.15, -0.1) is 0 Å². The summed E-state index contributed by atoms with van der Waals surface area (Å²) in [6, 6.07) is 6.14. The predicted molar refractivity (Wildman–Crippen MR) is 86.6 cm³/mol. The Morgan fingerprint density at radius 2 is 2.09 bits per heavy atom. The van der Waals surface area contributed by atoms with Crippen molar-refractivity contribution in [2.75, 3.05) is 6.61 Å². The first-order valence-corrected chi connectivity index (χ1v) is 7.74. The van der Waals surface area contributed by atoms with Crippen molar-refractivity contribution in [1.29, 1.82) is 0 Å². The van der Waals surface area contributed by atoms with Gasteiger partial charge < -0.3 is 15.8 Å². The van der Waals surface area contributed by atoms with Gasteiger partial charge in [0.1, 0.15) is 11.0 Å². The largest absolute Gasteiger partial charge is 0.494 e. The number of rotatable bonds is 5. The van der Waals surface area contributed by atoms with Crippen molar-refractivity contribution in [3.63, 3.8) is 0 Å². The lowest BCUT2D eigenvalue weighted by atomic mass is 10.3. The number of nitrogens with two attached hydrogens (primary N) is 1. The molecule has 4 N–H and O–H groups in total. The van der Waals surface area contributed by atoms with Crippen LogP contribution in [0.4, 0.5) is 10.5 Å². The number of primary amides is 1. The average Bonchev–Trinajstić information content (AvgIpc) is 2.80. The number of urea groups is 1. The molecule has 1 atom stereocenters. The van der Waals surface area contributed by atoms with E-state index in [-0.39, 0.29) is 12.3 Å². The van der Waals surface area contributed by atoms with E-state index in [1.165, 1.54) is 0 Å². The zero-order chi connectivity index (χ0) is 16.8. The number of carbonyl (C=O) groups is 3. The van der Waals surface area contributed by atoms with Crippen LogP contribution in [0.25, 0.3) is 0 Å². The predicted octanol–water partition coefficient (Wildman–Crippen LogP) is 0.889. The molecule has 122 valence electrons. The van der Waals surface area contributed by atoms with Crippen LogP contribution in [0.2, 0.25) is 0 Å². The van der Waals surface area contributed by atoms with Crippen LogP contribution in [0.15, 0.2) is 29.3 Å². The van der Waals surface area contributed by atoms with E-state index in [0.717, 1.165) is 17.5 Å². The highest BCUT2D eigenvalue weighted by atomic mass is 32.2. The zero-order valence-corrected chi connectivity index (χ0v) is 13.2. The van der Waals surface area contributed by atoms with Gasteiger partial charge in [0, 0.05) is 6.42 Å². The van der Waals surface area contributed by atoms with Gasteiger partial charge in [-0.05, 0) is 31.2 Å². The Bertz CT molecular complexity index is 645. The summed E-state index contributed by atoms with van der Waals surface area (Å²) in [6.07, 6.45) is -0.151. The second-order valence-electron chi connectivity index (χ2n) is 4.56. The molecule has 0 bridgehead atoms. The molecular formula is C14H16N4O4S.